The standard InChI is InChI=1S/C19H15N3O6/c23-17-11-21(16-4-2-1-3-15(16)20-17)18(24)12-28-19(25)10-7-13-5-8-14(9-6-13)22(26)27/h1-10H,11-12H2,(H,20,23)/b10-7+. The molecular weight excluding hydrogens is 366 g/mol. The van der Waals surface area contributed by atoms with Gasteiger partial charge in [-0.15, -0.1) is 0 Å². The van der Waals surface area contributed by atoms with E-state index in [0.717, 1.165) is 6.08 Å². The van der Waals surface area contributed by atoms with E-state index in [1.54, 1.807) is 24.3 Å². The molecule has 0 spiro atoms. The number of rotatable bonds is 5. The molecule has 2 amide bonds. The molecule has 2 aromatic carbocycles. The topological polar surface area (TPSA) is 119 Å². The van der Waals surface area contributed by atoms with E-state index in [0.29, 0.717) is 16.9 Å². The summed E-state index contributed by atoms with van der Waals surface area (Å²) in [6.07, 6.45) is 2.53. The first-order valence-electron chi connectivity index (χ1n) is 8.22. The van der Waals surface area contributed by atoms with Gasteiger partial charge >= 0.3 is 5.97 Å². The van der Waals surface area contributed by atoms with Gasteiger partial charge < -0.3 is 10.1 Å². The highest BCUT2D eigenvalue weighted by atomic mass is 16.6. The maximum atomic E-state index is 12.4. The molecule has 1 N–H and O–H groups in total. The third-order valence-electron chi connectivity index (χ3n) is 3.93. The number of carbonyl (C=O) groups excluding carboxylic acids is 3. The zero-order valence-electron chi connectivity index (χ0n) is 14.5. The smallest absolute Gasteiger partial charge is 0.331 e. The zero-order chi connectivity index (χ0) is 20.1. The summed E-state index contributed by atoms with van der Waals surface area (Å²) in [5, 5.41) is 13.3. The van der Waals surface area contributed by atoms with Gasteiger partial charge in [0.25, 0.3) is 11.6 Å². The maximum Gasteiger partial charge on any atom is 0.331 e. The molecule has 0 bridgehead atoms. The van der Waals surface area contributed by atoms with E-state index in [1.165, 1.54) is 35.2 Å². The number of hydrogen-bond acceptors (Lipinski definition) is 6. The van der Waals surface area contributed by atoms with E-state index in [4.69, 9.17) is 4.74 Å². The van der Waals surface area contributed by atoms with Crippen LogP contribution in [0.5, 0.6) is 0 Å². The predicted octanol–water partition coefficient (Wildman–Crippen LogP) is 2.14. The Morgan fingerprint density at radius 1 is 1.18 bits per heavy atom. The highest BCUT2D eigenvalue weighted by Gasteiger charge is 2.26. The molecule has 9 nitrogen and oxygen atoms in total. The Kier molecular flexibility index (Phi) is 5.45. The quantitative estimate of drug-likeness (QED) is 0.367. The Hall–Kier alpha value is -4.01. The molecule has 0 aliphatic carbocycles. The average molecular weight is 381 g/mol. The summed E-state index contributed by atoms with van der Waals surface area (Å²) in [6.45, 7) is -0.683. The average Bonchev–Trinajstić information content (AvgIpc) is 2.70. The number of anilines is 2. The van der Waals surface area contributed by atoms with Gasteiger partial charge in [-0.3, -0.25) is 24.6 Å². The van der Waals surface area contributed by atoms with Crippen LogP contribution in [0.25, 0.3) is 6.08 Å². The second kappa shape index (κ2) is 8.12. The number of nitrogens with zero attached hydrogens (tertiary/aromatic N) is 2. The van der Waals surface area contributed by atoms with Crippen molar-refractivity contribution in [3.63, 3.8) is 0 Å². The van der Waals surface area contributed by atoms with Gasteiger partial charge in [0, 0.05) is 18.2 Å². The minimum Gasteiger partial charge on any atom is -0.452 e. The molecule has 0 fully saturated rings. The summed E-state index contributed by atoms with van der Waals surface area (Å²) in [5.74, 6) is -1.61. The van der Waals surface area contributed by atoms with Gasteiger partial charge in [-0.2, -0.15) is 0 Å². The van der Waals surface area contributed by atoms with Crippen molar-refractivity contribution >= 4 is 40.9 Å². The van der Waals surface area contributed by atoms with Crippen LogP contribution in [0.3, 0.4) is 0 Å². The second-order valence-corrected chi connectivity index (χ2v) is 5.83. The van der Waals surface area contributed by atoms with E-state index in [2.05, 4.69) is 5.32 Å². The normalized spacial score (nSPS) is 13.0. The molecule has 1 aliphatic rings. The van der Waals surface area contributed by atoms with Crippen LogP contribution in [-0.2, 0) is 19.1 Å². The number of carbonyl (C=O) groups is 3. The van der Waals surface area contributed by atoms with Crippen LogP contribution < -0.4 is 10.2 Å². The molecule has 0 aromatic heterocycles. The summed E-state index contributed by atoms with van der Waals surface area (Å²) < 4.78 is 4.93. The van der Waals surface area contributed by atoms with Crippen LogP contribution in [0.1, 0.15) is 5.56 Å². The molecule has 1 aliphatic heterocycles. The first kappa shape index (κ1) is 18.8. The SMILES string of the molecule is O=C1CN(C(=O)COC(=O)/C=C/c2ccc([N+](=O)[O-])cc2)c2ccccc2N1. The van der Waals surface area contributed by atoms with Crippen LogP contribution in [0, 0.1) is 10.1 Å². The van der Waals surface area contributed by atoms with Crippen LogP contribution in [0.4, 0.5) is 17.1 Å². The molecule has 142 valence electrons. The summed E-state index contributed by atoms with van der Waals surface area (Å²) in [5.41, 5.74) is 1.55. The van der Waals surface area contributed by atoms with Crippen molar-refractivity contribution in [1.82, 2.24) is 0 Å². The van der Waals surface area contributed by atoms with Gasteiger partial charge in [-0.25, -0.2) is 4.79 Å². The lowest BCUT2D eigenvalue weighted by Gasteiger charge is -2.28. The van der Waals surface area contributed by atoms with Crippen molar-refractivity contribution in [1.29, 1.82) is 0 Å². The molecule has 1 heterocycles. The van der Waals surface area contributed by atoms with E-state index in [1.807, 2.05) is 0 Å². The number of non-ortho nitro benzene ring substituents is 1. The van der Waals surface area contributed by atoms with Crippen molar-refractivity contribution in [2.75, 3.05) is 23.4 Å². The number of ether oxygens (including phenoxy) is 1. The van der Waals surface area contributed by atoms with Crippen molar-refractivity contribution in [2.24, 2.45) is 0 Å². The summed E-state index contributed by atoms with van der Waals surface area (Å²) in [7, 11) is 0. The molecule has 28 heavy (non-hydrogen) atoms. The van der Waals surface area contributed by atoms with Crippen LogP contribution in [-0.4, -0.2) is 35.9 Å². The predicted molar refractivity (Wildman–Crippen MR) is 101 cm³/mol. The summed E-state index contributed by atoms with van der Waals surface area (Å²) in [6, 6.07) is 12.4. The lowest BCUT2D eigenvalue weighted by molar-refractivity contribution is -0.384. The Morgan fingerprint density at radius 3 is 2.61 bits per heavy atom. The van der Waals surface area contributed by atoms with E-state index in [-0.39, 0.29) is 18.1 Å². The van der Waals surface area contributed by atoms with E-state index < -0.39 is 23.4 Å². The number of nitrogens with one attached hydrogen (secondary N) is 1. The number of para-hydroxylation sites is 2. The van der Waals surface area contributed by atoms with E-state index >= 15 is 0 Å². The lowest BCUT2D eigenvalue weighted by Crippen LogP contribution is -2.43. The molecule has 2 aromatic rings. The number of esters is 1. The van der Waals surface area contributed by atoms with Crippen LogP contribution in [0.15, 0.2) is 54.6 Å². The second-order valence-electron chi connectivity index (χ2n) is 5.83. The first-order chi connectivity index (χ1) is 13.4. The molecule has 0 unspecified atom stereocenters. The first-order valence-corrected chi connectivity index (χ1v) is 8.22. The maximum absolute atomic E-state index is 12.4. The molecule has 3 rings (SSSR count). The van der Waals surface area contributed by atoms with E-state index in [9.17, 15) is 24.5 Å². The number of nitro benzene ring substituents is 1. The minimum atomic E-state index is -0.749. The summed E-state index contributed by atoms with van der Waals surface area (Å²) in [4.78, 5) is 47.3. The number of nitro groups is 1. The number of hydrogen-bond donors (Lipinski definition) is 1. The Balaban J connectivity index is 1.58. The monoisotopic (exact) mass is 381 g/mol. The van der Waals surface area contributed by atoms with Crippen molar-refractivity contribution in [3.8, 4) is 0 Å². The Labute approximate surface area is 159 Å². The fourth-order valence-electron chi connectivity index (χ4n) is 2.59. The number of benzene rings is 2. The zero-order valence-corrected chi connectivity index (χ0v) is 14.5. The highest BCUT2D eigenvalue weighted by Crippen LogP contribution is 2.28. The fourth-order valence-corrected chi connectivity index (χ4v) is 2.59. The van der Waals surface area contributed by atoms with Gasteiger partial charge in [-0.05, 0) is 35.9 Å². The number of fused-ring (bicyclic) bond motifs is 1. The largest absolute Gasteiger partial charge is 0.452 e. The third-order valence-corrected chi connectivity index (χ3v) is 3.93. The van der Waals surface area contributed by atoms with Crippen molar-refractivity contribution in [2.45, 2.75) is 0 Å². The van der Waals surface area contributed by atoms with Gasteiger partial charge in [0.05, 0.1) is 16.3 Å². The molecule has 0 atom stereocenters. The van der Waals surface area contributed by atoms with Crippen LogP contribution in [0.2, 0.25) is 0 Å². The van der Waals surface area contributed by atoms with Crippen molar-refractivity contribution in [3.05, 3.63) is 70.3 Å². The van der Waals surface area contributed by atoms with Crippen LogP contribution >= 0.6 is 0 Å². The Morgan fingerprint density at radius 2 is 1.89 bits per heavy atom. The molecule has 0 saturated carbocycles. The van der Waals surface area contributed by atoms with Gasteiger partial charge in [-0.1, -0.05) is 12.1 Å². The molecule has 0 radical (unpaired) electrons. The lowest BCUT2D eigenvalue weighted by atomic mass is 10.2. The van der Waals surface area contributed by atoms with Gasteiger partial charge in [0.2, 0.25) is 5.91 Å². The molecule has 0 saturated heterocycles. The van der Waals surface area contributed by atoms with Gasteiger partial charge in [0.15, 0.2) is 6.61 Å². The Bertz CT molecular complexity index is 968. The third kappa shape index (κ3) is 4.39. The van der Waals surface area contributed by atoms with Gasteiger partial charge in [0.1, 0.15) is 6.54 Å². The summed E-state index contributed by atoms with van der Waals surface area (Å²) >= 11 is 0. The van der Waals surface area contributed by atoms with Crippen molar-refractivity contribution < 1.29 is 24.0 Å². The molecular formula is C19H15N3O6. The fraction of sp³-hybridized carbons (Fsp3) is 0.105. The number of amides is 2. The molecule has 9 heteroatoms. The highest BCUT2D eigenvalue weighted by molar-refractivity contribution is 6.10. The minimum absolute atomic E-state index is 0.0591.